The maximum Gasteiger partial charge on any atom is 0.251 e. The Hall–Kier alpha value is -3.48. The molecule has 2 heterocycles. The number of carbonyl (C=O) groups is 1. The summed E-state index contributed by atoms with van der Waals surface area (Å²) in [4.78, 5) is 12.3. The van der Waals surface area contributed by atoms with Crippen LogP contribution in [0.2, 0.25) is 0 Å². The van der Waals surface area contributed by atoms with Crippen molar-refractivity contribution in [2.75, 3.05) is 20.3 Å². The van der Waals surface area contributed by atoms with Crippen LogP contribution in [0.1, 0.15) is 16.1 Å². The smallest absolute Gasteiger partial charge is 0.251 e. The minimum absolute atomic E-state index is 0.210. The van der Waals surface area contributed by atoms with Crippen LogP contribution in [-0.2, 0) is 6.54 Å². The second kappa shape index (κ2) is 7.41. The Kier molecular flexibility index (Phi) is 4.65. The monoisotopic (exact) mass is 366 g/mol. The Balaban J connectivity index is 1.43. The van der Waals surface area contributed by atoms with Gasteiger partial charge in [-0.15, -0.1) is 0 Å². The van der Waals surface area contributed by atoms with Gasteiger partial charge in [0.15, 0.2) is 17.3 Å². The first-order valence-electron chi connectivity index (χ1n) is 8.51. The maximum absolute atomic E-state index is 12.3. The molecule has 0 unspecified atom stereocenters. The SMILES string of the molecule is COc1cccc(C(=O)NCc2cc(-c3ccc4c(c3)OCCO4)on2)c1. The summed E-state index contributed by atoms with van der Waals surface area (Å²) < 4.78 is 21.6. The summed E-state index contributed by atoms with van der Waals surface area (Å²) in [6.45, 7) is 1.32. The van der Waals surface area contributed by atoms with Crippen LogP contribution in [0.4, 0.5) is 0 Å². The summed E-state index contributed by atoms with van der Waals surface area (Å²) in [5.41, 5.74) is 1.97. The molecule has 0 saturated carbocycles. The van der Waals surface area contributed by atoms with Crippen LogP contribution < -0.4 is 19.5 Å². The molecular weight excluding hydrogens is 348 g/mol. The Morgan fingerprint density at radius 2 is 1.96 bits per heavy atom. The van der Waals surface area contributed by atoms with Crippen LogP contribution in [-0.4, -0.2) is 31.4 Å². The van der Waals surface area contributed by atoms with Gasteiger partial charge in [0.25, 0.3) is 5.91 Å². The van der Waals surface area contributed by atoms with Gasteiger partial charge in [0.05, 0.1) is 13.7 Å². The molecule has 7 heteroatoms. The lowest BCUT2D eigenvalue weighted by molar-refractivity contribution is 0.0949. The summed E-state index contributed by atoms with van der Waals surface area (Å²) in [5, 5.41) is 6.84. The number of aromatic nitrogens is 1. The van der Waals surface area contributed by atoms with E-state index in [-0.39, 0.29) is 12.5 Å². The van der Waals surface area contributed by atoms with Gasteiger partial charge in [0.2, 0.25) is 0 Å². The van der Waals surface area contributed by atoms with E-state index < -0.39 is 0 Å². The predicted molar refractivity (Wildman–Crippen MR) is 97.1 cm³/mol. The average molecular weight is 366 g/mol. The molecule has 138 valence electrons. The average Bonchev–Trinajstić information content (AvgIpc) is 3.20. The van der Waals surface area contributed by atoms with Crippen LogP contribution in [0.5, 0.6) is 17.2 Å². The van der Waals surface area contributed by atoms with E-state index in [2.05, 4.69) is 10.5 Å². The minimum atomic E-state index is -0.210. The number of benzene rings is 2. The molecule has 0 aliphatic carbocycles. The molecule has 0 fully saturated rings. The van der Waals surface area contributed by atoms with Gasteiger partial charge in [0.1, 0.15) is 24.7 Å². The summed E-state index contributed by atoms with van der Waals surface area (Å²) >= 11 is 0. The molecule has 1 aromatic heterocycles. The molecule has 2 aromatic carbocycles. The van der Waals surface area contributed by atoms with Gasteiger partial charge in [-0.1, -0.05) is 11.2 Å². The Bertz CT molecular complexity index is 967. The number of nitrogens with one attached hydrogen (secondary N) is 1. The lowest BCUT2D eigenvalue weighted by Gasteiger charge is -2.18. The molecule has 27 heavy (non-hydrogen) atoms. The number of nitrogens with zero attached hydrogens (tertiary/aromatic N) is 1. The molecule has 1 aliphatic heterocycles. The zero-order valence-corrected chi connectivity index (χ0v) is 14.7. The topological polar surface area (TPSA) is 82.8 Å². The van der Waals surface area contributed by atoms with Gasteiger partial charge in [-0.25, -0.2) is 0 Å². The number of fused-ring (bicyclic) bond motifs is 1. The van der Waals surface area contributed by atoms with E-state index in [1.54, 1.807) is 37.4 Å². The third-order valence-corrected chi connectivity index (χ3v) is 4.15. The van der Waals surface area contributed by atoms with Crippen molar-refractivity contribution in [1.82, 2.24) is 10.5 Å². The molecule has 4 rings (SSSR count). The van der Waals surface area contributed by atoms with E-state index in [4.69, 9.17) is 18.7 Å². The molecular formula is C20H18N2O5. The number of amides is 1. The maximum atomic E-state index is 12.3. The van der Waals surface area contributed by atoms with Gasteiger partial charge in [-0.3, -0.25) is 4.79 Å². The molecule has 0 bridgehead atoms. The van der Waals surface area contributed by atoms with Crippen molar-refractivity contribution in [3.63, 3.8) is 0 Å². The number of ether oxygens (including phenoxy) is 3. The third-order valence-electron chi connectivity index (χ3n) is 4.15. The van der Waals surface area contributed by atoms with E-state index in [0.717, 1.165) is 11.3 Å². The normalized spacial score (nSPS) is 12.5. The fraction of sp³-hybridized carbons (Fsp3) is 0.200. The number of rotatable bonds is 5. The first-order chi connectivity index (χ1) is 13.2. The van der Waals surface area contributed by atoms with Gasteiger partial charge in [-0.05, 0) is 36.4 Å². The predicted octanol–water partition coefficient (Wildman–Crippen LogP) is 3.05. The van der Waals surface area contributed by atoms with Crippen LogP contribution in [0.15, 0.2) is 53.1 Å². The molecule has 0 saturated heterocycles. The fourth-order valence-corrected chi connectivity index (χ4v) is 2.77. The first kappa shape index (κ1) is 17.0. The molecule has 1 N–H and O–H groups in total. The highest BCUT2D eigenvalue weighted by Crippen LogP contribution is 2.34. The Labute approximate surface area is 155 Å². The van der Waals surface area contributed by atoms with E-state index in [1.165, 1.54) is 0 Å². The van der Waals surface area contributed by atoms with Crippen LogP contribution in [0.25, 0.3) is 11.3 Å². The zero-order valence-electron chi connectivity index (χ0n) is 14.7. The molecule has 3 aromatic rings. The number of hydrogen-bond acceptors (Lipinski definition) is 6. The van der Waals surface area contributed by atoms with Crippen molar-refractivity contribution in [1.29, 1.82) is 0 Å². The molecule has 1 aliphatic rings. The third kappa shape index (κ3) is 3.72. The molecule has 0 radical (unpaired) electrons. The number of hydrogen-bond donors (Lipinski definition) is 1. The van der Waals surface area contributed by atoms with E-state index >= 15 is 0 Å². The van der Waals surface area contributed by atoms with Gasteiger partial charge in [-0.2, -0.15) is 0 Å². The van der Waals surface area contributed by atoms with Crippen LogP contribution >= 0.6 is 0 Å². The summed E-state index contributed by atoms with van der Waals surface area (Å²) in [7, 11) is 1.56. The standard InChI is InChI=1S/C20H18N2O5/c1-24-16-4-2-3-14(9-16)20(23)21-12-15-11-18(27-22-15)13-5-6-17-19(10-13)26-8-7-25-17/h2-6,9-11H,7-8,12H2,1H3,(H,21,23). The van der Waals surface area contributed by atoms with E-state index in [1.807, 2.05) is 18.2 Å². The molecule has 0 atom stereocenters. The van der Waals surface area contributed by atoms with Gasteiger partial charge >= 0.3 is 0 Å². The lowest BCUT2D eigenvalue weighted by Crippen LogP contribution is -2.22. The fourth-order valence-electron chi connectivity index (χ4n) is 2.77. The Morgan fingerprint density at radius 3 is 2.81 bits per heavy atom. The largest absolute Gasteiger partial charge is 0.497 e. The highest BCUT2D eigenvalue weighted by molar-refractivity contribution is 5.94. The quantitative estimate of drug-likeness (QED) is 0.747. The second-order valence-electron chi connectivity index (χ2n) is 5.96. The van der Waals surface area contributed by atoms with E-state index in [0.29, 0.717) is 41.7 Å². The number of carbonyl (C=O) groups excluding carboxylic acids is 1. The van der Waals surface area contributed by atoms with Crippen molar-refractivity contribution < 1.29 is 23.5 Å². The van der Waals surface area contributed by atoms with Crippen molar-refractivity contribution in [2.24, 2.45) is 0 Å². The second-order valence-corrected chi connectivity index (χ2v) is 5.96. The van der Waals surface area contributed by atoms with Crippen molar-refractivity contribution in [3.8, 4) is 28.6 Å². The summed E-state index contributed by atoms with van der Waals surface area (Å²) in [6, 6.07) is 14.3. The minimum Gasteiger partial charge on any atom is -0.497 e. The molecule has 0 spiro atoms. The van der Waals surface area contributed by atoms with Crippen molar-refractivity contribution >= 4 is 5.91 Å². The lowest BCUT2D eigenvalue weighted by atomic mass is 10.1. The zero-order chi connectivity index (χ0) is 18.6. The number of methoxy groups -OCH3 is 1. The highest BCUT2D eigenvalue weighted by Gasteiger charge is 2.15. The highest BCUT2D eigenvalue weighted by atomic mass is 16.6. The first-order valence-corrected chi connectivity index (χ1v) is 8.51. The van der Waals surface area contributed by atoms with Gasteiger partial charge < -0.3 is 24.1 Å². The van der Waals surface area contributed by atoms with E-state index in [9.17, 15) is 4.79 Å². The van der Waals surface area contributed by atoms with Crippen molar-refractivity contribution in [2.45, 2.75) is 6.54 Å². The van der Waals surface area contributed by atoms with Crippen LogP contribution in [0, 0.1) is 0 Å². The Morgan fingerprint density at radius 1 is 1.11 bits per heavy atom. The summed E-state index contributed by atoms with van der Waals surface area (Å²) in [5.74, 6) is 2.42. The summed E-state index contributed by atoms with van der Waals surface area (Å²) in [6.07, 6.45) is 0. The molecule has 7 nitrogen and oxygen atoms in total. The van der Waals surface area contributed by atoms with Gasteiger partial charge in [0, 0.05) is 17.2 Å². The van der Waals surface area contributed by atoms with Crippen LogP contribution in [0.3, 0.4) is 0 Å². The van der Waals surface area contributed by atoms with Crippen molar-refractivity contribution in [3.05, 3.63) is 59.8 Å². The molecule has 1 amide bonds.